The zero-order valence-electron chi connectivity index (χ0n) is 12.2. The summed E-state index contributed by atoms with van der Waals surface area (Å²) in [5, 5.41) is 3.62. The molecule has 2 nitrogen and oxygen atoms in total. The summed E-state index contributed by atoms with van der Waals surface area (Å²) >= 11 is 7.67. The Labute approximate surface area is 126 Å². The predicted molar refractivity (Wildman–Crippen MR) is 85.3 cm³/mol. The van der Waals surface area contributed by atoms with Crippen molar-refractivity contribution in [3.63, 3.8) is 0 Å². The molecule has 1 aliphatic heterocycles. The molecule has 0 amide bonds. The molecule has 1 saturated heterocycles. The lowest BCUT2D eigenvalue weighted by Crippen LogP contribution is -2.39. The minimum atomic E-state index is 0.237. The molecule has 1 atom stereocenters. The summed E-state index contributed by atoms with van der Waals surface area (Å²) in [5.74, 6) is 0.811. The normalized spacial score (nSPS) is 21.2. The van der Waals surface area contributed by atoms with Gasteiger partial charge in [0.15, 0.2) is 0 Å². The first-order valence-electron chi connectivity index (χ1n) is 7.14. The van der Waals surface area contributed by atoms with Gasteiger partial charge in [-0.1, -0.05) is 11.6 Å². The van der Waals surface area contributed by atoms with Crippen molar-refractivity contribution in [1.29, 1.82) is 0 Å². The lowest BCUT2D eigenvalue weighted by molar-refractivity contribution is 0.315. The predicted octanol–water partition coefficient (Wildman–Crippen LogP) is 3.65. The fourth-order valence-corrected chi connectivity index (χ4v) is 3.56. The summed E-state index contributed by atoms with van der Waals surface area (Å²) in [6.07, 6.45) is 2.46. The molecule has 0 spiro atoms. The van der Waals surface area contributed by atoms with E-state index in [2.05, 4.69) is 37.1 Å². The highest BCUT2D eigenvalue weighted by molar-refractivity contribution is 7.16. The van der Waals surface area contributed by atoms with Crippen LogP contribution in [0.4, 0.5) is 0 Å². The van der Waals surface area contributed by atoms with Gasteiger partial charge in [-0.3, -0.25) is 0 Å². The molecule has 1 unspecified atom stereocenters. The molecule has 1 aliphatic rings. The van der Waals surface area contributed by atoms with Crippen LogP contribution in [0.15, 0.2) is 12.1 Å². The molecule has 0 aliphatic carbocycles. The van der Waals surface area contributed by atoms with E-state index in [1.165, 1.54) is 30.9 Å². The van der Waals surface area contributed by atoms with Crippen LogP contribution in [0.1, 0.15) is 32.1 Å². The monoisotopic (exact) mass is 300 g/mol. The molecule has 0 bridgehead atoms. The van der Waals surface area contributed by atoms with Gasteiger partial charge in [-0.25, -0.2) is 0 Å². The SMILES string of the molecule is CC(C)(C)NCC1CCN(CCc2ccc(Cl)s2)C1. The van der Waals surface area contributed by atoms with E-state index in [-0.39, 0.29) is 5.54 Å². The van der Waals surface area contributed by atoms with Crippen LogP contribution in [0, 0.1) is 5.92 Å². The highest BCUT2D eigenvalue weighted by Crippen LogP contribution is 2.23. The molecule has 1 fully saturated rings. The number of nitrogens with zero attached hydrogens (tertiary/aromatic N) is 1. The zero-order valence-corrected chi connectivity index (χ0v) is 13.8. The van der Waals surface area contributed by atoms with Crippen molar-refractivity contribution in [2.24, 2.45) is 5.92 Å². The van der Waals surface area contributed by atoms with Crippen LogP contribution < -0.4 is 5.32 Å². The van der Waals surface area contributed by atoms with Gasteiger partial charge in [0, 0.05) is 23.5 Å². The highest BCUT2D eigenvalue weighted by atomic mass is 35.5. The van der Waals surface area contributed by atoms with E-state index in [0.29, 0.717) is 0 Å². The van der Waals surface area contributed by atoms with Gasteiger partial charge in [0.05, 0.1) is 4.34 Å². The first-order valence-corrected chi connectivity index (χ1v) is 8.33. The Balaban J connectivity index is 1.67. The van der Waals surface area contributed by atoms with E-state index in [9.17, 15) is 0 Å². The van der Waals surface area contributed by atoms with Crippen LogP contribution in [-0.4, -0.2) is 36.6 Å². The number of halogens is 1. The standard InChI is InChI=1S/C15H25ClN2S/c1-15(2,3)17-10-12-6-8-18(11-12)9-7-13-4-5-14(16)19-13/h4-5,12,17H,6-11H2,1-3H3. The van der Waals surface area contributed by atoms with E-state index in [1.807, 2.05) is 6.07 Å². The second-order valence-electron chi connectivity index (χ2n) is 6.54. The summed E-state index contributed by atoms with van der Waals surface area (Å²) < 4.78 is 0.906. The Morgan fingerprint density at radius 1 is 1.42 bits per heavy atom. The molecule has 2 rings (SSSR count). The second-order valence-corrected chi connectivity index (χ2v) is 8.34. The molecule has 2 heterocycles. The molecule has 19 heavy (non-hydrogen) atoms. The van der Waals surface area contributed by atoms with E-state index < -0.39 is 0 Å². The number of hydrogen-bond acceptors (Lipinski definition) is 3. The van der Waals surface area contributed by atoms with Crippen LogP contribution in [-0.2, 0) is 6.42 Å². The maximum absolute atomic E-state index is 5.96. The third-order valence-corrected chi connectivity index (χ3v) is 4.89. The van der Waals surface area contributed by atoms with Gasteiger partial charge in [-0.05, 0) is 64.8 Å². The van der Waals surface area contributed by atoms with Crippen molar-refractivity contribution in [3.8, 4) is 0 Å². The Kier molecular flexibility index (Phi) is 5.29. The number of hydrogen-bond donors (Lipinski definition) is 1. The van der Waals surface area contributed by atoms with Crippen molar-refractivity contribution in [2.75, 3.05) is 26.2 Å². The fourth-order valence-electron chi connectivity index (χ4n) is 2.49. The lowest BCUT2D eigenvalue weighted by Gasteiger charge is -2.23. The van der Waals surface area contributed by atoms with Crippen LogP contribution in [0.2, 0.25) is 4.34 Å². The van der Waals surface area contributed by atoms with E-state index in [4.69, 9.17) is 11.6 Å². The maximum Gasteiger partial charge on any atom is 0.0931 e. The number of likely N-dealkylation sites (tertiary alicyclic amines) is 1. The van der Waals surface area contributed by atoms with Crippen molar-refractivity contribution < 1.29 is 0 Å². The Bertz CT molecular complexity index is 397. The molecular weight excluding hydrogens is 276 g/mol. The smallest absolute Gasteiger partial charge is 0.0931 e. The third-order valence-electron chi connectivity index (χ3n) is 3.59. The van der Waals surface area contributed by atoms with E-state index in [1.54, 1.807) is 11.3 Å². The Hall–Kier alpha value is -0.0900. The van der Waals surface area contributed by atoms with Crippen molar-refractivity contribution in [2.45, 2.75) is 39.2 Å². The summed E-state index contributed by atoms with van der Waals surface area (Å²) in [4.78, 5) is 3.99. The van der Waals surface area contributed by atoms with Gasteiger partial charge in [0.2, 0.25) is 0 Å². The topological polar surface area (TPSA) is 15.3 Å². The van der Waals surface area contributed by atoms with Crippen LogP contribution in [0.5, 0.6) is 0 Å². The second kappa shape index (κ2) is 6.57. The van der Waals surface area contributed by atoms with Gasteiger partial charge in [-0.2, -0.15) is 0 Å². The van der Waals surface area contributed by atoms with Gasteiger partial charge in [-0.15, -0.1) is 11.3 Å². The molecule has 1 N–H and O–H groups in total. The summed E-state index contributed by atoms with van der Waals surface area (Å²) in [6, 6.07) is 4.16. The van der Waals surface area contributed by atoms with Gasteiger partial charge >= 0.3 is 0 Å². The quantitative estimate of drug-likeness (QED) is 0.893. The van der Waals surface area contributed by atoms with Crippen molar-refractivity contribution in [3.05, 3.63) is 21.3 Å². The van der Waals surface area contributed by atoms with Crippen LogP contribution in [0.3, 0.4) is 0 Å². The molecule has 0 aromatic carbocycles. The molecule has 0 radical (unpaired) electrons. The maximum atomic E-state index is 5.96. The summed E-state index contributed by atoms with van der Waals surface area (Å²) in [5.41, 5.74) is 0.237. The minimum Gasteiger partial charge on any atom is -0.312 e. The molecule has 4 heteroatoms. The van der Waals surface area contributed by atoms with Gasteiger partial charge in [0.1, 0.15) is 0 Å². The first-order chi connectivity index (χ1) is 8.92. The van der Waals surface area contributed by atoms with Gasteiger partial charge < -0.3 is 10.2 Å². The largest absolute Gasteiger partial charge is 0.312 e. The summed E-state index contributed by atoms with van der Waals surface area (Å²) in [6.45, 7) is 11.5. The van der Waals surface area contributed by atoms with Crippen LogP contribution >= 0.6 is 22.9 Å². The molecule has 0 saturated carbocycles. The zero-order chi connectivity index (χ0) is 13.9. The average molecular weight is 301 g/mol. The third kappa shape index (κ3) is 5.42. The van der Waals surface area contributed by atoms with Gasteiger partial charge in [0.25, 0.3) is 0 Å². The van der Waals surface area contributed by atoms with Crippen molar-refractivity contribution in [1.82, 2.24) is 10.2 Å². The van der Waals surface area contributed by atoms with Crippen LogP contribution in [0.25, 0.3) is 0 Å². The van der Waals surface area contributed by atoms with Crippen molar-refractivity contribution >= 4 is 22.9 Å². The molecular formula is C15H25ClN2S. The molecule has 108 valence electrons. The highest BCUT2D eigenvalue weighted by Gasteiger charge is 2.23. The Morgan fingerprint density at radius 2 is 2.21 bits per heavy atom. The number of rotatable bonds is 5. The molecule has 1 aromatic rings. The first kappa shape index (κ1) is 15.3. The number of nitrogens with one attached hydrogen (secondary N) is 1. The lowest BCUT2D eigenvalue weighted by atomic mass is 10.1. The molecule has 1 aromatic heterocycles. The summed E-state index contributed by atoms with van der Waals surface area (Å²) in [7, 11) is 0. The number of thiophene rings is 1. The minimum absolute atomic E-state index is 0.237. The Morgan fingerprint density at radius 3 is 2.84 bits per heavy atom. The van der Waals surface area contributed by atoms with E-state index >= 15 is 0 Å². The fraction of sp³-hybridized carbons (Fsp3) is 0.733. The van der Waals surface area contributed by atoms with E-state index in [0.717, 1.165) is 23.2 Å². The average Bonchev–Trinajstić information content (AvgIpc) is 2.92.